The Balaban J connectivity index is 1.66. The maximum Gasteiger partial charge on any atom is 0.244 e. The molecule has 0 radical (unpaired) electrons. The Morgan fingerprint density at radius 3 is 3.09 bits per heavy atom. The number of benzene rings is 1. The van der Waals surface area contributed by atoms with E-state index in [0.29, 0.717) is 21.6 Å². The predicted octanol–water partition coefficient (Wildman–Crippen LogP) is 3.64. The molecule has 0 bridgehead atoms. The van der Waals surface area contributed by atoms with Gasteiger partial charge < -0.3 is 5.32 Å². The van der Waals surface area contributed by atoms with Crippen LogP contribution < -0.4 is 10.6 Å². The predicted molar refractivity (Wildman–Crippen MR) is 94.3 cm³/mol. The number of thiazole rings is 1. The number of hydrogen-bond donors (Lipinski definition) is 2. The molecule has 1 atom stereocenters. The molecule has 2 aromatic rings. The SMILES string of the molecule is O=C(Nc1ncc(Cc2cccc(Cl)c2Cl)s1)C1CSCN1. The lowest BCUT2D eigenvalue weighted by Gasteiger charge is -2.07. The van der Waals surface area contributed by atoms with Crippen LogP contribution in [0.1, 0.15) is 10.4 Å². The van der Waals surface area contributed by atoms with E-state index in [1.54, 1.807) is 24.0 Å². The first-order chi connectivity index (χ1) is 10.6. The summed E-state index contributed by atoms with van der Waals surface area (Å²) >= 11 is 15.4. The second-order valence-electron chi connectivity index (χ2n) is 4.78. The number of rotatable bonds is 4. The number of thioether (sulfide) groups is 1. The van der Waals surface area contributed by atoms with Crippen LogP contribution in [0.5, 0.6) is 0 Å². The summed E-state index contributed by atoms with van der Waals surface area (Å²) in [6.07, 6.45) is 2.40. The second-order valence-corrected chi connectivity index (χ2v) is 7.71. The Bertz CT molecular complexity index is 686. The third-order valence-electron chi connectivity index (χ3n) is 3.21. The van der Waals surface area contributed by atoms with Crippen molar-refractivity contribution in [3.8, 4) is 0 Å². The van der Waals surface area contributed by atoms with Crippen LogP contribution in [0, 0.1) is 0 Å². The zero-order valence-corrected chi connectivity index (χ0v) is 14.6. The molecule has 4 nitrogen and oxygen atoms in total. The van der Waals surface area contributed by atoms with Crippen LogP contribution in [-0.4, -0.2) is 28.6 Å². The lowest BCUT2D eigenvalue weighted by atomic mass is 10.1. The molecule has 1 fully saturated rings. The highest BCUT2D eigenvalue weighted by molar-refractivity contribution is 7.99. The number of aromatic nitrogens is 1. The van der Waals surface area contributed by atoms with Crippen molar-refractivity contribution in [1.29, 1.82) is 0 Å². The number of nitrogens with zero attached hydrogens (tertiary/aromatic N) is 1. The minimum atomic E-state index is -0.139. The molecule has 3 rings (SSSR count). The number of hydrogen-bond acceptors (Lipinski definition) is 5. The largest absolute Gasteiger partial charge is 0.301 e. The van der Waals surface area contributed by atoms with E-state index in [2.05, 4.69) is 15.6 Å². The number of halogens is 2. The second kappa shape index (κ2) is 7.19. The topological polar surface area (TPSA) is 54.0 Å². The van der Waals surface area contributed by atoms with Crippen molar-refractivity contribution < 1.29 is 4.79 Å². The highest BCUT2D eigenvalue weighted by Gasteiger charge is 2.23. The maximum absolute atomic E-state index is 12.0. The molecule has 2 heterocycles. The highest BCUT2D eigenvalue weighted by atomic mass is 35.5. The van der Waals surface area contributed by atoms with Gasteiger partial charge in [0.05, 0.1) is 16.1 Å². The maximum atomic E-state index is 12.0. The minimum Gasteiger partial charge on any atom is -0.301 e. The Labute approximate surface area is 146 Å². The average Bonchev–Trinajstić information content (AvgIpc) is 3.15. The molecule has 0 aliphatic carbocycles. The van der Waals surface area contributed by atoms with Crippen molar-refractivity contribution in [1.82, 2.24) is 10.3 Å². The molecule has 1 aromatic heterocycles. The van der Waals surface area contributed by atoms with Gasteiger partial charge in [-0.15, -0.1) is 23.1 Å². The summed E-state index contributed by atoms with van der Waals surface area (Å²) in [4.78, 5) is 17.3. The Hall–Kier alpha value is -0.790. The van der Waals surface area contributed by atoms with Gasteiger partial charge in [-0.3, -0.25) is 10.1 Å². The summed E-state index contributed by atoms with van der Waals surface area (Å²) in [5.74, 6) is 1.57. The van der Waals surface area contributed by atoms with Crippen molar-refractivity contribution in [3.05, 3.63) is 44.9 Å². The van der Waals surface area contributed by atoms with Gasteiger partial charge in [-0.05, 0) is 11.6 Å². The van der Waals surface area contributed by atoms with Gasteiger partial charge >= 0.3 is 0 Å². The Morgan fingerprint density at radius 2 is 2.32 bits per heavy atom. The van der Waals surface area contributed by atoms with Gasteiger partial charge in [-0.1, -0.05) is 35.3 Å². The van der Waals surface area contributed by atoms with Crippen LogP contribution in [-0.2, 0) is 11.2 Å². The fourth-order valence-electron chi connectivity index (χ4n) is 2.08. The molecule has 1 unspecified atom stereocenters. The zero-order valence-electron chi connectivity index (χ0n) is 11.4. The van der Waals surface area contributed by atoms with Gasteiger partial charge in [-0.2, -0.15) is 0 Å². The molecule has 8 heteroatoms. The number of nitrogens with one attached hydrogen (secondary N) is 2. The summed E-state index contributed by atoms with van der Waals surface area (Å²) in [6.45, 7) is 0. The average molecular weight is 374 g/mol. The van der Waals surface area contributed by atoms with Gasteiger partial charge in [0.25, 0.3) is 0 Å². The van der Waals surface area contributed by atoms with Gasteiger partial charge in [0.15, 0.2) is 5.13 Å². The molecule has 0 saturated carbocycles. The molecule has 1 aliphatic rings. The minimum absolute atomic E-state index is 0.0355. The summed E-state index contributed by atoms with van der Waals surface area (Å²) < 4.78 is 0. The fourth-order valence-corrected chi connectivity index (χ4v) is 4.24. The molecule has 116 valence electrons. The summed E-state index contributed by atoms with van der Waals surface area (Å²) in [5, 5.41) is 7.70. The third kappa shape index (κ3) is 3.75. The number of carbonyl (C=O) groups is 1. The zero-order chi connectivity index (χ0) is 15.5. The summed E-state index contributed by atoms with van der Waals surface area (Å²) in [7, 11) is 0. The lowest BCUT2D eigenvalue weighted by molar-refractivity contribution is -0.117. The van der Waals surface area contributed by atoms with E-state index in [-0.39, 0.29) is 11.9 Å². The molecule has 2 N–H and O–H groups in total. The first kappa shape index (κ1) is 16.1. The Kier molecular flexibility index (Phi) is 5.25. The molecule has 1 saturated heterocycles. The van der Waals surface area contributed by atoms with Crippen molar-refractivity contribution in [2.45, 2.75) is 12.5 Å². The summed E-state index contributed by atoms with van der Waals surface area (Å²) in [5.41, 5.74) is 0.949. The third-order valence-corrected chi connectivity index (χ3v) is 5.92. The van der Waals surface area contributed by atoms with Crippen LogP contribution in [0.2, 0.25) is 10.0 Å². The standard InChI is InChI=1S/C14H13Cl2N3OS2/c15-10-3-1-2-8(12(10)16)4-9-5-17-14(22-9)19-13(20)11-6-21-7-18-11/h1-3,5,11,18H,4,6-7H2,(H,17,19,20). The van der Waals surface area contributed by atoms with Crippen molar-refractivity contribution in [2.24, 2.45) is 0 Å². The summed E-state index contributed by atoms with van der Waals surface area (Å²) in [6, 6.07) is 5.43. The normalized spacial score (nSPS) is 17.6. The van der Waals surface area contributed by atoms with E-state index < -0.39 is 0 Å². The van der Waals surface area contributed by atoms with Gasteiger partial charge in [0.1, 0.15) is 0 Å². The van der Waals surface area contributed by atoms with Crippen LogP contribution >= 0.6 is 46.3 Å². The molecular formula is C14H13Cl2N3OS2. The number of amides is 1. The monoisotopic (exact) mass is 373 g/mol. The van der Waals surface area contributed by atoms with E-state index >= 15 is 0 Å². The molecule has 1 aromatic carbocycles. The van der Waals surface area contributed by atoms with E-state index in [0.717, 1.165) is 22.1 Å². The lowest BCUT2D eigenvalue weighted by Crippen LogP contribution is -2.37. The van der Waals surface area contributed by atoms with E-state index in [9.17, 15) is 4.79 Å². The fraction of sp³-hybridized carbons (Fsp3) is 0.286. The van der Waals surface area contributed by atoms with Crippen LogP contribution in [0.3, 0.4) is 0 Å². The van der Waals surface area contributed by atoms with Crippen molar-refractivity contribution >= 4 is 57.3 Å². The first-order valence-electron chi connectivity index (χ1n) is 6.63. The van der Waals surface area contributed by atoms with E-state index in [1.165, 1.54) is 11.3 Å². The van der Waals surface area contributed by atoms with Crippen LogP contribution in [0.4, 0.5) is 5.13 Å². The van der Waals surface area contributed by atoms with E-state index in [1.807, 2.05) is 12.1 Å². The molecule has 0 spiro atoms. The molecule has 22 heavy (non-hydrogen) atoms. The van der Waals surface area contributed by atoms with Gasteiger partial charge in [0, 0.05) is 29.1 Å². The van der Waals surface area contributed by atoms with Gasteiger partial charge in [0.2, 0.25) is 5.91 Å². The van der Waals surface area contributed by atoms with Crippen molar-refractivity contribution in [3.63, 3.8) is 0 Å². The number of carbonyl (C=O) groups excluding carboxylic acids is 1. The molecule has 1 aliphatic heterocycles. The van der Waals surface area contributed by atoms with Gasteiger partial charge in [-0.25, -0.2) is 4.98 Å². The molecular weight excluding hydrogens is 361 g/mol. The Morgan fingerprint density at radius 1 is 1.45 bits per heavy atom. The first-order valence-corrected chi connectivity index (χ1v) is 9.36. The quantitative estimate of drug-likeness (QED) is 0.858. The highest BCUT2D eigenvalue weighted by Crippen LogP contribution is 2.29. The molecule has 1 amide bonds. The van der Waals surface area contributed by atoms with Crippen LogP contribution in [0.15, 0.2) is 24.4 Å². The van der Waals surface area contributed by atoms with Crippen molar-refractivity contribution in [2.75, 3.05) is 16.9 Å². The number of anilines is 1. The smallest absolute Gasteiger partial charge is 0.244 e. The van der Waals surface area contributed by atoms with E-state index in [4.69, 9.17) is 23.2 Å². The van der Waals surface area contributed by atoms with Crippen LogP contribution in [0.25, 0.3) is 0 Å².